The third-order valence-corrected chi connectivity index (χ3v) is 6.49. The molecule has 2 aliphatic rings. The van der Waals surface area contributed by atoms with Gasteiger partial charge in [0.05, 0.1) is 11.5 Å². The Morgan fingerprint density at radius 1 is 1.11 bits per heavy atom. The summed E-state index contributed by atoms with van der Waals surface area (Å²) in [5.74, 6) is 1.06. The molecule has 0 radical (unpaired) electrons. The van der Waals surface area contributed by atoms with Crippen LogP contribution < -0.4 is 14.4 Å². The van der Waals surface area contributed by atoms with E-state index in [0.29, 0.717) is 26.1 Å². The number of nitrogens with zero attached hydrogens (tertiary/aromatic N) is 1. The second-order valence-electron chi connectivity index (χ2n) is 6.98. The number of hydrogen-bond donors (Lipinski definition) is 1. The lowest BCUT2D eigenvalue weighted by molar-refractivity contribution is -0.117. The van der Waals surface area contributed by atoms with Gasteiger partial charge in [0.15, 0.2) is 0 Å². The molecule has 2 aliphatic heterocycles. The van der Waals surface area contributed by atoms with Crippen molar-refractivity contribution >= 4 is 21.6 Å². The van der Waals surface area contributed by atoms with Gasteiger partial charge < -0.3 is 9.64 Å². The molecule has 1 fully saturated rings. The number of para-hydroxylation sites is 1. The first kappa shape index (κ1) is 18.0. The Morgan fingerprint density at radius 3 is 2.63 bits per heavy atom. The Bertz CT molecular complexity index is 941. The fourth-order valence-electron chi connectivity index (χ4n) is 3.56. The average molecular weight is 386 g/mol. The lowest BCUT2D eigenvalue weighted by Crippen LogP contribution is -2.34. The van der Waals surface area contributed by atoms with Gasteiger partial charge in [0.25, 0.3) is 0 Å². The molecule has 2 aromatic rings. The highest BCUT2D eigenvalue weighted by Gasteiger charge is 2.24. The summed E-state index contributed by atoms with van der Waals surface area (Å²) in [4.78, 5) is 13.7. The summed E-state index contributed by atoms with van der Waals surface area (Å²) in [7, 11) is -3.60. The molecule has 27 heavy (non-hydrogen) atoms. The standard InChI is InChI=1S/C20H22N2O4S/c23-20-6-3-11-22(20)17-7-9-18(10-8-17)27(24,25)21-13-15-12-16-4-1-2-5-19(16)26-14-15/h1-2,4-5,7-10,15,21H,3,6,11-14H2. The van der Waals surface area contributed by atoms with Crippen molar-refractivity contribution in [2.24, 2.45) is 5.92 Å². The maximum Gasteiger partial charge on any atom is 0.240 e. The second-order valence-corrected chi connectivity index (χ2v) is 8.75. The Hall–Kier alpha value is -2.38. The molecule has 0 aliphatic carbocycles. The smallest absolute Gasteiger partial charge is 0.240 e. The van der Waals surface area contributed by atoms with E-state index in [1.807, 2.05) is 24.3 Å². The molecule has 2 heterocycles. The Kier molecular flexibility index (Phi) is 4.88. The van der Waals surface area contributed by atoms with E-state index in [2.05, 4.69) is 4.72 Å². The maximum absolute atomic E-state index is 12.6. The number of rotatable bonds is 5. The van der Waals surface area contributed by atoms with Gasteiger partial charge >= 0.3 is 0 Å². The topological polar surface area (TPSA) is 75.7 Å². The van der Waals surface area contributed by atoms with Crippen LogP contribution in [0.5, 0.6) is 5.75 Å². The quantitative estimate of drug-likeness (QED) is 0.856. The van der Waals surface area contributed by atoms with Crippen molar-refractivity contribution in [3.63, 3.8) is 0 Å². The van der Waals surface area contributed by atoms with Gasteiger partial charge in [-0.15, -0.1) is 0 Å². The van der Waals surface area contributed by atoms with E-state index >= 15 is 0 Å². The van der Waals surface area contributed by atoms with Gasteiger partial charge in [-0.25, -0.2) is 13.1 Å². The first-order valence-electron chi connectivity index (χ1n) is 9.14. The zero-order valence-corrected chi connectivity index (χ0v) is 15.7. The first-order valence-corrected chi connectivity index (χ1v) is 10.6. The molecule has 0 spiro atoms. The van der Waals surface area contributed by atoms with Gasteiger partial charge in [-0.3, -0.25) is 4.79 Å². The molecular weight excluding hydrogens is 364 g/mol. The molecule has 1 unspecified atom stereocenters. The van der Waals surface area contributed by atoms with E-state index in [4.69, 9.17) is 4.74 Å². The van der Waals surface area contributed by atoms with Gasteiger partial charge in [0.1, 0.15) is 5.75 Å². The second kappa shape index (κ2) is 7.32. The lowest BCUT2D eigenvalue weighted by Gasteiger charge is -2.25. The molecule has 6 nitrogen and oxygen atoms in total. The Balaban J connectivity index is 1.39. The number of nitrogens with one attached hydrogen (secondary N) is 1. The Labute approximate surface area is 159 Å². The molecule has 0 aromatic heterocycles. The summed E-state index contributed by atoms with van der Waals surface area (Å²) >= 11 is 0. The Morgan fingerprint density at radius 2 is 1.89 bits per heavy atom. The summed E-state index contributed by atoms with van der Waals surface area (Å²) in [6, 6.07) is 14.3. The molecule has 1 amide bonds. The van der Waals surface area contributed by atoms with Gasteiger partial charge in [0.2, 0.25) is 15.9 Å². The third kappa shape index (κ3) is 3.84. The lowest BCUT2D eigenvalue weighted by atomic mass is 9.97. The minimum Gasteiger partial charge on any atom is -0.493 e. The van der Waals surface area contributed by atoms with Crippen LogP contribution in [-0.4, -0.2) is 34.0 Å². The summed E-state index contributed by atoms with van der Waals surface area (Å²) in [5.41, 5.74) is 1.85. The number of ether oxygens (including phenoxy) is 1. The van der Waals surface area contributed by atoms with Crippen LogP contribution in [0.1, 0.15) is 18.4 Å². The predicted octanol–water partition coefficient (Wildman–Crippen LogP) is 2.34. The van der Waals surface area contributed by atoms with E-state index in [9.17, 15) is 13.2 Å². The van der Waals surface area contributed by atoms with Crippen LogP contribution in [0, 0.1) is 5.92 Å². The molecule has 2 aromatic carbocycles. The molecule has 0 saturated carbocycles. The molecule has 142 valence electrons. The highest BCUT2D eigenvalue weighted by molar-refractivity contribution is 7.89. The predicted molar refractivity (Wildman–Crippen MR) is 102 cm³/mol. The normalized spacial score (nSPS) is 19.6. The number of benzene rings is 2. The zero-order valence-electron chi connectivity index (χ0n) is 14.9. The number of carbonyl (C=O) groups excluding carboxylic acids is 1. The highest BCUT2D eigenvalue weighted by Crippen LogP contribution is 2.27. The number of amides is 1. The molecule has 0 bridgehead atoms. The van der Waals surface area contributed by atoms with Crippen LogP contribution in [0.15, 0.2) is 53.4 Å². The van der Waals surface area contributed by atoms with Crippen LogP contribution in [0.25, 0.3) is 0 Å². The number of hydrogen-bond acceptors (Lipinski definition) is 4. The van der Waals surface area contributed by atoms with Crippen LogP contribution in [-0.2, 0) is 21.2 Å². The van der Waals surface area contributed by atoms with E-state index in [1.165, 1.54) is 0 Å². The third-order valence-electron chi connectivity index (χ3n) is 5.05. The van der Waals surface area contributed by atoms with Gasteiger partial charge in [-0.2, -0.15) is 0 Å². The van der Waals surface area contributed by atoms with E-state index in [-0.39, 0.29) is 16.7 Å². The SMILES string of the molecule is O=C1CCCN1c1ccc(S(=O)(=O)NCC2COc3ccccc3C2)cc1. The van der Waals surface area contributed by atoms with Crippen molar-refractivity contribution in [3.05, 3.63) is 54.1 Å². The highest BCUT2D eigenvalue weighted by atomic mass is 32.2. The number of sulfonamides is 1. The average Bonchev–Trinajstić information content (AvgIpc) is 3.12. The number of fused-ring (bicyclic) bond motifs is 1. The van der Waals surface area contributed by atoms with Crippen molar-refractivity contribution in [1.82, 2.24) is 4.72 Å². The summed E-state index contributed by atoms with van der Waals surface area (Å²) in [6.07, 6.45) is 2.18. The fraction of sp³-hybridized carbons (Fsp3) is 0.350. The van der Waals surface area contributed by atoms with Gasteiger partial charge in [-0.1, -0.05) is 18.2 Å². The van der Waals surface area contributed by atoms with Crippen LogP contribution in [0.2, 0.25) is 0 Å². The van der Waals surface area contributed by atoms with Crippen molar-refractivity contribution in [2.45, 2.75) is 24.2 Å². The largest absolute Gasteiger partial charge is 0.493 e. The van der Waals surface area contributed by atoms with Crippen molar-refractivity contribution < 1.29 is 17.9 Å². The van der Waals surface area contributed by atoms with Crippen LogP contribution in [0.3, 0.4) is 0 Å². The van der Waals surface area contributed by atoms with Gasteiger partial charge in [0, 0.05) is 31.1 Å². The maximum atomic E-state index is 12.6. The molecule has 1 saturated heterocycles. The van der Waals surface area contributed by atoms with E-state index in [0.717, 1.165) is 29.8 Å². The van der Waals surface area contributed by atoms with Gasteiger partial charge in [-0.05, 0) is 48.7 Å². The van der Waals surface area contributed by atoms with Crippen LogP contribution >= 0.6 is 0 Å². The summed E-state index contributed by atoms with van der Waals surface area (Å²) in [6.45, 7) is 1.50. The monoisotopic (exact) mass is 386 g/mol. The fourth-order valence-corrected chi connectivity index (χ4v) is 4.68. The van der Waals surface area contributed by atoms with Crippen molar-refractivity contribution in [2.75, 3.05) is 24.6 Å². The molecule has 4 rings (SSSR count). The minimum atomic E-state index is -3.60. The molecule has 1 N–H and O–H groups in total. The van der Waals surface area contributed by atoms with E-state index in [1.54, 1.807) is 29.2 Å². The molecule has 7 heteroatoms. The van der Waals surface area contributed by atoms with Crippen LogP contribution in [0.4, 0.5) is 5.69 Å². The summed E-state index contributed by atoms with van der Waals surface area (Å²) < 4.78 is 33.6. The minimum absolute atomic E-state index is 0.0845. The number of anilines is 1. The summed E-state index contributed by atoms with van der Waals surface area (Å²) in [5, 5.41) is 0. The van der Waals surface area contributed by atoms with Crippen molar-refractivity contribution in [3.8, 4) is 5.75 Å². The molecule has 1 atom stereocenters. The molecular formula is C20H22N2O4S. The number of carbonyl (C=O) groups is 1. The first-order chi connectivity index (χ1) is 13.0. The zero-order chi connectivity index (χ0) is 18.9. The van der Waals surface area contributed by atoms with Crippen molar-refractivity contribution in [1.29, 1.82) is 0 Å². The van der Waals surface area contributed by atoms with E-state index < -0.39 is 10.0 Å².